The van der Waals surface area contributed by atoms with Gasteiger partial charge in [-0.25, -0.2) is 0 Å². The number of rotatable bonds is 11. The number of hydrogen-bond acceptors (Lipinski definition) is 2. The number of carbonyl (C=O) groups is 1. The van der Waals surface area contributed by atoms with E-state index in [1.807, 2.05) is 18.2 Å². The largest absolute Gasteiger partial charge is 0.493 e. The van der Waals surface area contributed by atoms with Gasteiger partial charge in [-0.1, -0.05) is 63.6 Å². The SMILES string of the molecule is CCCc1c(OCCc2cc3cc(CC(=O)O)ccc3[nH]2)ccc2c1ccn2CC(C)(C)c1ccccc1. The molecule has 2 aromatic heterocycles. The monoisotopic (exact) mass is 508 g/mol. The van der Waals surface area contributed by atoms with Crippen molar-refractivity contribution in [3.05, 3.63) is 101 Å². The Bertz CT molecular complexity index is 1560. The Kier molecular flexibility index (Phi) is 7.28. The molecule has 0 spiro atoms. The minimum atomic E-state index is -0.816. The van der Waals surface area contributed by atoms with Crippen LogP contribution in [-0.2, 0) is 36.0 Å². The molecule has 0 fully saturated rings. The van der Waals surface area contributed by atoms with Crippen LogP contribution >= 0.6 is 0 Å². The second kappa shape index (κ2) is 10.8. The fraction of sp³-hybridized carbons (Fsp3) is 0.303. The minimum absolute atomic E-state index is 0.0152. The van der Waals surface area contributed by atoms with E-state index >= 15 is 0 Å². The van der Waals surface area contributed by atoms with Crippen LogP contribution in [0.3, 0.4) is 0 Å². The molecule has 0 saturated carbocycles. The van der Waals surface area contributed by atoms with Gasteiger partial charge in [-0.2, -0.15) is 0 Å². The van der Waals surface area contributed by atoms with Gasteiger partial charge in [0.15, 0.2) is 0 Å². The molecule has 5 rings (SSSR count). The molecule has 0 radical (unpaired) electrons. The number of benzene rings is 3. The molecule has 5 heteroatoms. The zero-order valence-electron chi connectivity index (χ0n) is 22.5. The third-order valence-electron chi connectivity index (χ3n) is 7.37. The van der Waals surface area contributed by atoms with E-state index in [9.17, 15) is 4.79 Å². The van der Waals surface area contributed by atoms with Gasteiger partial charge in [-0.05, 0) is 59.3 Å². The Hall–Kier alpha value is -3.99. The average molecular weight is 509 g/mol. The van der Waals surface area contributed by atoms with Crippen LogP contribution < -0.4 is 4.74 Å². The van der Waals surface area contributed by atoms with Crippen molar-refractivity contribution < 1.29 is 14.6 Å². The molecule has 5 aromatic rings. The maximum absolute atomic E-state index is 11.0. The third kappa shape index (κ3) is 5.47. The minimum Gasteiger partial charge on any atom is -0.493 e. The van der Waals surface area contributed by atoms with Gasteiger partial charge >= 0.3 is 5.97 Å². The van der Waals surface area contributed by atoms with Crippen molar-refractivity contribution in [2.75, 3.05) is 6.61 Å². The van der Waals surface area contributed by atoms with Crippen LogP contribution in [-0.4, -0.2) is 27.2 Å². The number of aryl methyl sites for hydroxylation is 1. The summed E-state index contributed by atoms with van der Waals surface area (Å²) in [6, 6.07) is 25.1. The molecule has 0 amide bonds. The first kappa shape index (κ1) is 25.7. The summed E-state index contributed by atoms with van der Waals surface area (Å²) in [5.41, 5.74) is 6.78. The fourth-order valence-electron chi connectivity index (χ4n) is 5.43. The summed E-state index contributed by atoms with van der Waals surface area (Å²) in [7, 11) is 0. The standard InChI is InChI=1S/C33H36N2O3/c1-4-8-28-27-15-17-35(22-33(2,3)25-9-6-5-7-10-25)30(27)13-14-31(28)38-18-16-26-21-24-19-23(20-32(36)37)11-12-29(24)34-26/h5-7,9-15,17,19,21,34H,4,8,16,18,20,22H2,1-3H3,(H,36,37). The highest BCUT2D eigenvalue weighted by Gasteiger charge is 2.22. The highest BCUT2D eigenvalue weighted by Crippen LogP contribution is 2.33. The number of aromatic amines is 1. The first-order valence-corrected chi connectivity index (χ1v) is 13.5. The van der Waals surface area contributed by atoms with E-state index in [0.29, 0.717) is 6.61 Å². The van der Waals surface area contributed by atoms with Gasteiger partial charge < -0.3 is 19.4 Å². The third-order valence-corrected chi connectivity index (χ3v) is 7.37. The number of nitrogens with one attached hydrogen (secondary N) is 1. The van der Waals surface area contributed by atoms with Crippen molar-refractivity contribution in [1.82, 2.24) is 9.55 Å². The molecule has 0 aliphatic heterocycles. The number of ether oxygens (including phenoxy) is 1. The van der Waals surface area contributed by atoms with E-state index < -0.39 is 5.97 Å². The summed E-state index contributed by atoms with van der Waals surface area (Å²) in [5.74, 6) is 0.142. The average Bonchev–Trinajstić information content (AvgIpc) is 3.48. The van der Waals surface area contributed by atoms with E-state index in [0.717, 1.165) is 53.7 Å². The van der Waals surface area contributed by atoms with Crippen molar-refractivity contribution in [3.63, 3.8) is 0 Å². The molecule has 3 aromatic carbocycles. The van der Waals surface area contributed by atoms with E-state index in [1.54, 1.807) is 0 Å². The molecule has 196 valence electrons. The highest BCUT2D eigenvalue weighted by molar-refractivity contribution is 5.86. The van der Waals surface area contributed by atoms with Crippen molar-refractivity contribution in [2.24, 2.45) is 0 Å². The Morgan fingerprint density at radius 1 is 1.00 bits per heavy atom. The number of H-pyrrole nitrogens is 1. The van der Waals surface area contributed by atoms with Gasteiger partial charge in [0, 0.05) is 52.3 Å². The van der Waals surface area contributed by atoms with Crippen LogP contribution in [0.2, 0.25) is 0 Å². The Balaban J connectivity index is 1.32. The lowest BCUT2D eigenvalue weighted by Crippen LogP contribution is -2.24. The van der Waals surface area contributed by atoms with E-state index in [-0.39, 0.29) is 11.8 Å². The van der Waals surface area contributed by atoms with E-state index in [4.69, 9.17) is 9.84 Å². The van der Waals surface area contributed by atoms with Crippen LogP contribution in [0.15, 0.2) is 79.0 Å². The molecule has 0 aliphatic rings. The van der Waals surface area contributed by atoms with E-state index in [1.165, 1.54) is 22.0 Å². The van der Waals surface area contributed by atoms with Crippen LogP contribution in [0.5, 0.6) is 5.75 Å². The summed E-state index contributed by atoms with van der Waals surface area (Å²) in [6.07, 6.45) is 5.02. The van der Waals surface area contributed by atoms with Crippen LogP contribution in [0, 0.1) is 0 Å². The molecule has 0 unspecified atom stereocenters. The molecule has 0 bridgehead atoms. The lowest BCUT2D eigenvalue weighted by molar-refractivity contribution is -0.136. The van der Waals surface area contributed by atoms with Crippen molar-refractivity contribution in [1.29, 1.82) is 0 Å². The van der Waals surface area contributed by atoms with Gasteiger partial charge in [0.05, 0.1) is 13.0 Å². The quantitative estimate of drug-likeness (QED) is 0.197. The summed E-state index contributed by atoms with van der Waals surface area (Å²) >= 11 is 0. The molecule has 0 saturated heterocycles. The number of carboxylic acids is 1. The topological polar surface area (TPSA) is 67.2 Å². The predicted molar refractivity (Wildman–Crippen MR) is 154 cm³/mol. The van der Waals surface area contributed by atoms with Crippen molar-refractivity contribution in [3.8, 4) is 5.75 Å². The number of hydrogen-bond donors (Lipinski definition) is 2. The fourth-order valence-corrected chi connectivity index (χ4v) is 5.43. The van der Waals surface area contributed by atoms with Crippen molar-refractivity contribution in [2.45, 2.75) is 58.4 Å². The first-order chi connectivity index (χ1) is 18.3. The lowest BCUT2D eigenvalue weighted by atomic mass is 9.84. The number of fused-ring (bicyclic) bond motifs is 2. The number of nitrogens with zero attached hydrogens (tertiary/aromatic N) is 1. The molecule has 0 aliphatic carbocycles. The van der Waals surface area contributed by atoms with Crippen LogP contribution in [0.4, 0.5) is 0 Å². The smallest absolute Gasteiger partial charge is 0.307 e. The molecule has 2 heterocycles. The van der Waals surface area contributed by atoms with Crippen molar-refractivity contribution >= 4 is 27.8 Å². The second-order valence-electron chi connectivity index (χ2n) is 10.8. The predicted octanol–water partition coefficient (Wildman–Crippen LogP) is 7.30. The Morgan fingerprint density at radius 3 is 2.58 bits per heavy atom. The lowest BCUT2D eigenvalue weighted by Gasteiger charge is -2.26. The number of aliphatic carboxylic acids is 1. The maximum Gasteiger partial charge on any atom is 0.307 e. The molecule has 38 heavy (non-hydrogen) atoms. The van der Waals surface area contributed by atoms with Gasteiger partial charge in [0.25, 0.3) is 0 Å². The van der Waals surface area contributed by atoms with Crippen LogP contribution in [0.1, 0.15) is 49.6 Å². The van der Waals surface area contributed by atoms with E-state index in [2.05, 4.69) is 91.1 Å². The first-order valence-electron chi connectivity index (χ1n) is 13.5. The molecular weight excluding hydrogens is 472 g/mol. The summed E-state index contributed by atoms with van der Waals surface area (Å²) in [6.45, 7) is 8.28. The van der Waals surface area contributed by atoms with Gasteiger partial charge in [0.2, 0.25) is 0 Å². The second-order valence-corrected chi connectivity index (χ2v) is 10.8. The molecule has 5 nitrogen and oxygen atoms in total. The number of carboxylic acid groups (broad SMARTS) is 1. The Morgan fingerprint density at radius 2 is 1.82 bits per heavy atom. The zero-order chi connectivity index (χ0) is 26.7. The Labute approximate surface area is 224 Å². The number of aromatic nitrogens is 2. The van der Waals surface area contributed by atoms with Gasteiger partial charge in [-0.15, -0.1) is 0 Å². The summed E-state index contributed by atoms with van der Waals surface area (Å²) < 4.78 is 8.72. The molecular formula is C33H36N2O3. The van der Waals surface area contributed by atoms with Crippen LogP contribution in [0.25, 0.3) is 21.8 Å². The molecule has 0 atom stereocenters. The summed E-state index contributed by atoms with van der Waals surface area (Å²) in [4.78, 5) is 14.5. The zero-order valence-corrected chi connectivity index (χ0v) is 22.5. The van der Waals surface area contributed by atoms with Gasteiger partial charge in [-0.3, -0.25) is 4.79 Å². The molecule has 2 N–H and O–H groups in total. The normalized spacial score (nSPS) is 11.9. The summed E-state index contributed by atoms with van der Waals surface area (Å²) in [5, 5.41) is 11.4. The van der Waals surface area contributed by atoms with Gasteiger partial charge in [0.1, 0.15) is 5.75 Å². The maximum atomic E-state index is 11.0. The highest BCUT2D eigenvalue weighted by atomic mass is 16.5.